The van der Waals surface area contributed by atoms with Crippen LogP contribution in [0.3, 0.4) is 0 Å². The van der Waals surface area contributed by atoms with Crippen molar-refractivity contribution in [3.63, 3.8) is 0 Å². The van der Waals surface area contributed by atoms with Crippen molar-refractivity contribution in [3.05, 3.63) is 119 Å². The van der Waals surface area contributed by atoms with Crippen LogP contribution in [0.15, 0.2) is 108 Å². The van der Waals surface area contributed by atoms with Gasteiger partial charge in [0.15, 0.2) is 0 Å². The second kappa shape index (κ2) is 15.8. The molecule has 0 aromatic heterocycles. The Kier molecular flexibility index (Phi) is 11.9. The summed E-state index contributed by atoms with van der Waals surface area (Å²) in [4.78, 5) is 28.9. The normalized spacial score (nSPS) is 11.8. The molecule has 1 unspecified atom stereocenters. The molecule has 1 atom stereocenters. The summed E-state index contributed by atoms with van der Waals surface area (Å²) in [6.07, 6.45) is 0.986. The molecule has 4 aromatic rings. The summed E-state index contributed by atoms with van der Waals surface area (Å²) >= 11 is 13.0. The van der Waals surface area contributed by atoms with Gasteiger partial charge in [0, 0.05) is 28.7 Å². The summed E-state index contributed by atoms with van der Waals surface area (Å²) in [5.74, 6) is 0.154. The van der Waals surface area contributed by atoms with Crippen molar-refractivity contribution in [2.24, 2.45) is 0 Å². The number of rotatable bonds is 14. The molecule has 8 nitrogen and oxygen atoms in total. The number of anilines is 1. The Bertz CT molecular complexity index is 1670. The Morgan fingerprint density at radius 1 is 0.800 bits per heavy atom. The first-order valence-corrected chi connectivity index (χ1v) is 16.8. The highest BCUT2D eigenvalue weighted by Gasteiger charge is 2.34. The lowest BCUT2D eigenvalue weighted by molar-refractivity contribution is -0.140. The van der Waals surface area contributed by atoms with Gasteiger partial charge in [-0.05, 0) is 73.5 Å². The van der Waals surface area contributed by atoms with Crippen LogP contribution in [0, 0.1) is 0 Å². The highest BCUT2D eigenvalue weighted by molar-refractivity contribution is 7.92. The summed E-state index contributed by atoms with van der Waals surface area (Å²) < 4.78 is 35.0. The minimum absolute atomic E-state index is 0.0100. The van der Waals surface area contributed by atoms with Gasteiger partial charge in [0.05, 0.1) is 10.6 Å². The molecule has 0 fully saturated rings. The second-order valence-corrected chi connectivity index (χ2v) is 12.8. The maximum absolute atomic E-state index is 14.2. The molecular formula is C34H35Cl2N3O5S. The predicted molar refractivity (Wildman–Crippen MR) is 178 cm³/mol. The van der Waals surface area contributed by atoms with E-state index < -0.39 is 28.5 Å². The molecule has 0 spiro atoms. The van der Waals surface area contributed by atoms with Crippen molar-refractivity contribution in [1.29, 1.82) is 0 Å². The fourth-order valence-corrected chi connectivity index (χ4v) is 6.64. The number of hydrogen-bond donors (Lipinski definition) is 1. The van der Waals surface area contributed by atoms with E-state index in [1.54, 1.807) is 79.7 Å². The summed E-state index contributed by atoms with van der Waals surface area (Å²) in [7, 11) is -4.22. The summed E-state index contributed by atoms with van der Waals surface area (Å²) in [5, 5.41) is 3.51. The van der Waals surface area contributed by atoms with E-state index in [2.05, 4.69) is 5.32 Å². The van der Waals surface area contributed by atoms with E-state index in [-0.39, 0.29) is 29.5 Å². The van der Waals surface area contributed by atoms with Crippen LogP contribution in [0.2, 0.25) is 10.0 Å². The van der Waals surface area contributed by atoms with E-state index in [1.807, 2.05) is 25.1 Å². The van der Waals surface area contributed by atoms with E-state index >= 15 is 0 Å². The molecule has 45 heavy (non-hydrogen) atoms. The molecular weight excluding hydrogens is 633 g/mol. The fraction of sp³-hybridized carbons (Fsp3) is 0.235. The van der Waals surface area contributed by atoms with Crippen molar-refractivity contribution in [2.45, 2.75) is 44.2 Å². The van der Waals surface area contributed by atoms with Gasteiger partial charge in [-0.1, -0.05) is 79.5 Å². The molecule has 0 aliphatic carbocycles. The maximum atomic E-state index is 14.2. The number of nitrogens with one attached hydrogen (secondary N) is 1. The van der Waals surface area contributed by atoms with Gasteiger partial charge < -0.3 is 15.0 Å². The predicted octanol–water partition coefficient (Wildman–Crippen LogP) is 7.31. The third-order valence-electron chi connectivity index (χ3n) is 7.04. The number of benzene rings is 4. The van der Waals surface area contributed by atoms with Gasteiger partial charge in [0.25, 0.3) is 10.0 Å². The van der Waals surface area contributed by atoms with Gasteiger partial charge in [0.2, 0.25) is 11.8 Å². The molecule has 2 amide bonds. The van der Waals surface area contributed by atoms with Crippen LogP contribution in [0.25, 0.3) is 0 Å². The lowest BCUT2D eigenvalue weighted by Crippen LogP contribution is -2.52. The van der Waals surface area contributed by atoms with E-state index in [1.165, 1.54) is 17.0 Å². The molecule has 0 bridgehead atoms. The van der Waals surface area contributed by atoms with Crippen LogP contribution < -0.4 is 14.4 Å². The number of nitrogens with zero attached hydrogens (tertiary/aromatic N) is 2. The van der Waals surface area contributed by atoms with Crippen molar-refractivity contribution in [2.75, 3.05) is 17.4 Å². The topological polar surface area (TPSA) is 96.0 Å². The Balaban J connectivity index is 1.73. The molecule has 236 valence electrons. The minimum Gasteiger partial charge on any atom is -0.457 e. The maximum Gasteiger partial charge on any atom is 0.264 e. The minimum atomic E-state index is -4.22. The molecule has 0 aliphatic rings. The van der Waals surface area contributed by atoms with Gasteiger partial charge in [-0.2, -0.15) is 0 Å². The first kappa shape index (κ1) is 33.8. The van der Waals surface area contributed by atoms with Crippen LogP contribution in [-0.4, -0.2) is 44.3 Å². The molecule has 0 aliphatic heterocycles. The molecule has 4 rings (SSSR count). The van der Waals surface area contributed by atoms with Crippen molar-refractivity contribution in [3.8, 4) is 11.5 Å². The third kappa shape index (κ3) is 8.57. The van der Waals surface area contributed by atoms with Crippen molar-refractivity contribution in [1.82, 2.24) is 10.2 Å². The first-order valence-electron chi connectivity index (χ1n) is 14.6. The number of halogens is 2. The number of amides is 2. The van der Waals surface area contributed by atoms with Crippen LogP contribution in [-0.2, 0) is 26.2 Å². The lowest BCUT2D eigenvalue weighted by atomic mass is 10.1. The molecule has 0 heterocycles. The van der Waals surface area contributed by atoms with Gasteiger partial charge in [0.1, 0.15) is 24.1 Å². The van der Waals surface area contributed by atoms with Crippen LogP contribution in [0.4, 0.5) is 5.69 Å². The summed E-state index contributed by atoms with van der Waals surface area (Å²) in [6.45, 7) is 3.45. The Morgan fingerprint density at radius 2 is 1.38 bits per heavy atom. The average Bonchev–Trinajstić information content (AvgIpc) is 3.05. The smallest absolute Gasteiger partial charge is 0.264 e. The van der Waals surface area contributed by atoms with Gasteiger partial charge in [-0.3, -0.25) is 13.9 Å². The first-order chi connectivity index (χ1) is 21.6. The van der Waals surface area contributed by atoms with E-state index in [0.717, 1.165) is 4.31 Å². The summed E-state index contributed by atoms with van der Waals surface area (Å²) in [5.41, 5.74) is 0.697. The summed E-state index contributed by atoms with van der Waals surface area (Å²) in [6, 6.07) is 27.5. The average molecular weight is 669 g/mol. The van der Waals surface area contributed by atoms with E-state index in [9.17, 15) is 18.0 Å². The number of carbonyl (C=O) groups excluding carboxylic acids is 2. The molecule has 0 saturated carbocycles. The molecule has 11 heteroatoms. The number of carbonyl (C=O) groups is 2. The van der Waals surface area contributed by atoms with Crippen molar-refractivity contribution < 1.29 is 22.7 Å². The number of ether oxygens (including phenoxy) is 1. The monoisotopic (exact) mass is 667 g/mol. The number of hydrogen-bond acceptors (Lipinski definition) is 5. The molecule has 4 aromatic carbocycles. The second-order valence-electron chi connectivity index (χ2n) is 10.2. The Morgan fingerprint density at radius 3 is 1.96 bits per heavy atom. The Hall–Kier alpha value is -4.05. The quantitative estimate of drug-likeness (QED) is 0.152. The number of para-hydroxylation sites is 1. The highest BCUT2D eigenvalue weighted by Crippen LogP contribution is 2.30. The van der Waals surface area contributed by atoms with E-state index in [4.69, 9.17) is 27.9 Å². The zero-order valence-electron chi connectivity index (χ0n) is 25.0. The standard InChI is InChI=1S/C34H35Cl2N3O5S/c1-3-22-37-34(41)32(4-2)38(23-29-30(35)16-11-17-31(29)36)33(40)24-39(45(42,43)28-14-9-6-10-15-28)25-18-20-27(21-19-25)44-26-12-7-5-8-13-26/h5-21,32H,3-4,22-24H2,1-2H3,(H,37,41). The third-order valence-corrected chi connectivity index (χ3v) is 9.54. The largest absolute Gasteiger partial charge is 0.457 e. The SMILES string of the molecule is CCCNC(=O)C(CC)N(Cc1c(Cl)cccc1Cl)C(=O)CN(c1ccc(Oc2ccccc2)cc1)S(=O)(=O)c1ccccc1. The molecule has 0 saturated heterocycles. The van der Waals surface area contributed by atoms with Gasteiger partial charge in [-0.25, -0.2) is 8.42 Å². The zero-order valence-corrected chi connectivity index (χ0v) is 27.4. The van der Waals surface area contributed by atoms with Crippen LogP contribution >= 0.6 is 23.2 Å². The molecule has 1 N–H and O–H groups in total. The van der Waals surface area contributed by atoms with Crippen LogP contribution in [0.1, 0.15) is 32.3 Å². The van der Waals surface area contributed by atoms with Gasteiger partial charge in [-0.15, -0.1) is 0 Å². The Labute approximate surface area is 274 Å². The van der Waals surface area contributed by atoms with E-state index in [0.29, 0.717) is 40.1 Å². The highest BCUT2D eigenvalue weighted by atomic mass is 35.5. The van der Waals surface area contributed by atoms with Gasteiger partial charge >= 0.3 is 0 Å². The lowest BCUT2D eigenvalue weighted by Gasteiger charge is -2.33. The molecule has 0 radical (unpaired) electrons. The van der Waals surface area contributed by atoms with Crippen molar-refractivity contribution >= 4 is 50.7 Å². The number of sulfonamides is 1. The van der Waals surface area contributed by atoms with Crippen LogP contribution in [0.5, 0.6) is 11.5 Å². The zero-order chi connectivity index (χ0) is 32.4. The fourth-order valence-electron chi connectivity index (χ4n) is 4.69.